The lowest BCUT2D eigenvalue weighted by Crippen LogP contribution is -2.53. The Labute approximate surface area is 424 Å². The fourth-order valence-electron chi connectivity index (χ4n) is 11.9. The van der Waals surface area contributed by atoms with Gasteiger partial charge in [0.25, 0.3) is 0 Å². The number of hydrogen-bond acceptors (Lipinski definition) is 12. The predicted octanol–water partition coefficient (Wildman–Crippen LogP) is 4.98. The summed E-state index contributed by atoms with van der Waals surface area (Å²) in [6.07, 6.45) is 8.59. The summed E-state index contributed by atoms with van der Waals surface area (Å²) < 4.78 is 1.45. The van der Waals surface area contributed by atoms with Gasteiger partial charge in [0.2, 0.25) is 5.91 Å². The fourth-order valence-corrected chi connectivity index (χ4v) is 11.9. The Hall–Kier alpha value is -7.47. The van der Waals surface area contributed by atoms with Crippen LogP contribution < -0.4 is 31.5 Å². The number of H-pyrrole nitrogens is 1. The maximum absolute atomic E-state index is 12.7. The second-order valence-electron chi connectivity index (χ2n) is 20.4. The molecule has 3 saturated heterocycles. The minimum Gasteiger partial charge on any atom is -0.384 e. The van der Waals surface area contributed by atoms with Crippen molar-refractivity contribution in [3.8, 4) is 6.07 Å². The average molecular weight is 982 g/mol. The number of nitrogens with zero attached hydrogens (tertiary/aromatic N) is 5. The molecule has 1 aliphatic carbocycles. The Morgan fingerprint density at radius 3 is 2.30 bits per heavy atom. The molecule has 376 valence electrons. The van der Waals surface area contributed by atoms with Crippen LogP contribution in [0, 0.1) is 11.3 Å². The number of hydrogen-bond donors (Lipinski definition) is 4. The summed E-state index contributed by atoms with van der Waals surface area (Å²) >= 11 is 0. The van der Waals surface area contributed by atoms with Gasteiger partial charge >= 0.3 is 0 Å². The molecular weight excluding hydrogens is 919 g/mol. The summed E-state index contributed by atoms with van der Waals surface area (Å²) in [5.74, 6) is 9.89. The highest BCUT2D eigenvalue weighted by molar-refractivity contribution is 6.10. The van der Waals surface area contributed by atoms with Crippen molar-refractivity contribution in [3.05, 3.63) is 104 Å². The molecule has 0 spiro atoms. The van der Waals surface area contributed by atoms with Crippen LogP contribution in [0.15, 0.2) is 59.9 Å². The van der Waals surface area contributed by atoms with Gasteiger partial charge < -0.3 is 35.3 Å². The van der Waals surface area contributed by atoms with Crippen LogP contribution in [0.3, 0.4) is 0 Å². The highest BCUT2D eigenvalue weighted by atomic mass is 16.1. The molecule has 1 atom stereocenters. The molecule has 5 aromatic rings. The maximum Gasteiger partial charge on any atom is 0.219 e. The summed E-state index contributed by atoms with van der Waals surface area (Å²) in [5, 5.41) is 20.9. The second kappa shape index (κ2) is 22.1. The number of piperazine rings is 1. The standard InChI is InChI=1S/C58H63N9O6/c1-4-39-30-44-45(34-69)55-42-16-14-38(32-59)29-48(42)63-57(55)58(2,3)46(44)31-51(39)66-23-18-41(19-24-66)65-27-25-64(26-28-65)22-9-5-6-13-54(73)61-21-8-7-20-60-47-12-10-11-43-52(36-71)67(53(37-72)56(43)47)50-17-15-40(33-68)62-49(50)35-70/h10-12,14,16,29-31,41,50,60,62-63H,4-9,13,15,17-28H2,1-3H3,(H,61,73). The number of aryl methyl sites for hydroxylation is 1. The number of benzene rings is 3. The highest BCUT2D eigenvalue weighted by Crippen LogP contribution is 2.50. The maximum atomic E-state index is 12.7. The topological polar surface area (TPSA) is 193 Å². The van der Waals surface area contributed by atoms with Gasteiger partial charge in [0.15, 0.2) is 11.9 Å². The summed E-state index contributed by atoms with van der Waals surface area (Å²) in [6.45, 7) is 15.0. The van der Waals surface area contributed by atoms with Gasteiger partial charge in [0.05, 0.1) is 23.2 Å². The van der Waals surface area contributed by atoms with Crippen LogP contribution in [0.5, 0.6) is 0 Å². The molecule has 3 fully saturated rings. The molecule has 3 aliphatic heterocycles. The third kappa shape index (κ3) is 9.91. The van der Waals surface area contributed by atoms with Gasteiger partial charge in [-0.2, -0.15) is 5.26 Å². The van der Waals surface area contributed by atoms with E-state index in [4.69, 9.17) is 0 Å². The van der Waals surface area contributed by atoms with Gasteiger partial charge in [-0.15, -0.1) is 0 Å². The number of allylic oxidation sites excluding steroid dienone is 2. The Balaban J connectivity index is 0.679. The Morgan fingerprint density at radius 2 is 1.59 bits per heavy atom. The van der Waals surface area contributed by atoms with E-state index in [1.165, 1.54) is 15.8 Å². The zero-order valence-corrected chi connectivity index (χ0v) is 42.1. The first-order chi connectivity index (χ1) is 35.6. The third-order valence-electron chi connectivity index (χ3n) is 15.9. The summed E-state index contributed by atoms with van der Waals surface area (Å²) in [4.78, 5) is 84.5. The number of rotatable bonds is 16. The fraction of sp³-hybridized carbons (Fsp3) is 0.448. The van der Waals surface area contributed by atoms with E-state index in [1.54, 1.807) is 18.1 Å². The van der Waals surface area contributed by atoms with Crippen molar-refractivity contribution >= 4 is 74.2 Å². The monoisotopic (exact) mass is 981 g/mol. The molecular formula is C58H63N9O6. The Kier molecular flexibility index (Phi) is 15.3. The first kappa shape index (κ1) is 50.5. The number of aromatic amines is 1. The van der Waals surface area contributed by atoms with Crippen LogP contribution in [-0.4, -0.2) is 120 Å². The molecule has 0 bridgehead atoms. The Bertz CT molecular complexity index is 3330. The molecule has 9 rings (SSSR count). The minimum atomic E-state index is -0.728. The van der Waals surface area contributed by atoms with E-state index in [9.17, 15) is 34.0 Å². The smallest absolute Gasteiger partial charge is 0.219 e. The number of nitriles is 1. The summed E-state index contributed by atoms with van der Waals surface area (Å²) in [6, 6.07) is 17.6. The van der Waals surface area contributed by atoms with E-state index < -0.39 is 6.04 Å². The summed E-state index contributed by atoms with van der Waals surface area (Å²) in [7, 11) is 0. The molecule has 73 heavy (non-hydrogen) atoms. The molecule has 1 amide bonds. The molecule has 15 heteroatoms. The molecule has 2 aromatic heterocycles. The van der Waals surface area contributed by atoms with E-state index in [2.05, 4.69) is 80.5 Å². The van der Waals surface area contributed by atoms with Crippen LogP contribution in [-0.2, 0) is 40.6 Å². The van der Waals surface area contributed by atoms with E-state index in [0.717, 1.165) is 130 Å². The van der Waals surface area contributed by atoms with E-state index in [0.29, 0.717) is 53.1 Å². The molecule has 4 N–H and O–H groups in total. The van der Waals surface area contributed by atoms with E-state index >= 15 is 0 Å². The first-order valence-electron chi connectivity index (χ1n) is 26.0. The largest absolute Gasteiger partial charge is 0.384 e. The van der Waals surface area contributed by atoms with Gasteiger partial charge in [-0.3, -0.25) is 9.69 Å². The van der Waals surface area contributed by atoms with Crippen LogP contribution in [0.1, 0.15) is 125 Å². The van der Waals surface area contributed by atoms with E-state index in [-0.39, 0.29) is 46.3 Å². The average Bonchev–Trinajstić information content (AvgIpc) is 3.98. The van der Waals surface area contributed by atoms with Crippen molar-refractivity contribution in [2.75, 3.05) is 69.1 Å². The molecule has 1 unspecified atom stereocenters. The number of fused-ring (bicyclic) bond motifs is 5. The van der Waals surface area contributed by atoms with Gasteiger partial charge in [0, 0.05) is 121 Å². The van der Waals surface area contributed by atoms with E-state index in [1.807, 2.05) is 42.1 Å². The SMILES string of the molecule is CCc1cc2c(cc1N1CCC(N3CCN(CCCCCC(=O)NCCCCNc4cccc5c(=C=O)n(C6CCC(=C=O)NC6=C=O)c(=C=O)c45)CC3)CC1)C(C)(C)c1[nH]c3cc(C#N)ccc3c1C2=C=O. The number of aromatic nitrogens is 2. The molecule has 15 nitrogen and oxygen atoms in total. The molecule has 5 heterocycles. The lowest BCUT2D eigenvalue weighted by molar-refractivity contribution is -0.121. The van der Waals surface area contributed by atoms with Crippen molar-refractivity contribution in [1.82, 2.24) is 30.0 Å². The second-order valence-corrected chi connectivity index (χ2v) is 20.4. The number of anilines is 2. The number of unbranched alkanes of at least 4 members (excludes halogenated alkanes) is 3. The normalized spacial score (nSPS) is 17.9. The zero-order valence-electron chi connectivity index (χ0n) is 42.1. The van der Waals surface area contributed by atoms with Gasteiger partial charge in [-0.25, -0.2) is 24.0 Å². The van der Waals surface area contributed by atoms with Crippen LogP contribution in [0.2, 0.25) is 0 Å². The van der Waals surface area contributed by atoms with Crippen LogP contribution in [0.25, 0.3) is 27.2 Å². The van der Waals surface area contributed by atoms with Gasteiger partial charge in [-0.05, 0) is 105 Å². The number of piperidine rings is 2. The van der Waals surface area contributed by atoms with Crippen molar-refractivity contribution in [2.24, 2.45) is 0 Å². The number of carbonyl (C=O) groups excluding carboxylic acids is 6. The van der Waals surface area contributed by atoms with Crippen molar-refractivity contribution in [1.29, 1.82) is 5.26 Å². The highest BCUT2D eigenvalue weighted by Gasteiger charge is 2.40. The van der Waals surface area contributed by atoms with Crippen LogP contribution >= 0.6 is 0 Å². The first-order valence-corrected chi connectivity index (χ1v) is 26.0. The number of carbonyl (C=O) groups is 1. The van der Waals surface area contributed by atoms with Crippen LogP contribution in [0.4, 0.5) is 11.4 Å². The van der Waals surface area contributed by atoms with Crippen molar-refractivity contribution < 1.29 is 28.8 Å². The van der Waals surface area contributed by atoms with Crippen molar-refractivity contribution in [2.45, 2.75) is 109 Å². The molecule has 0 saturated carbocycles. The number of nitrogens with one attached hydrogen (secondary N) is 4. The zero-order chi connectivity index (χ0) is 51.2. The lowest BCUT2D eigenvalue weighted by Gasteiger charge is -2.44. The minimum absolute atomic E-state index is 0.0312. The van der Waals surface area contributed by atoms with Gasteiger partial charge in [0.1, 0.15) is 39.9 Å². The summed E-state index contributed by atoms with van der Waals surface area (Å²) in [5.41, 5.74) is 9.00. The quantitative estimate of drug-likeness (QED) is 0.0768. The Morgan fingerprint density at radius 1 is 0.808 bits per heavy atom. The van der Waals surface area contributed by atoms with Crippen molar-refractivity contribution in [3.63, 3.8) is 0 Å². The molecule has 3 aromatic carbocycles. The van der Waals surface area contributed by atoms with Gasteiger partial charge in [-0.1, -0.05) is 45.4 Å². The predicted molar refractivity (Wildman–Crippen MR) is 282 cm³/mol. The lowest BCUT2D eigenvalue weighted by atomic mass is 9.69. The number of amides is 1. The third-order valence-corrected chi connectivity index (χ3v) is 15.9. The molecule has 0 radical (unpaired) electrons. The molecule has 4 aliphatic rings.